The van der Waals surface area contributed by atoms with Crippen molar-refractivity contribution in [2.24, 2.45) is 0 Å². The van der Waals surface area contributed by atoms with E-state index in [1.807, 2.05) is 31.2 Å². The highest BCUT2D eigenvalue weighted by molar-refractivity contribution is 5.93. The lowest BCUT2D eigenvalue weighted by Gasteiger charge is -2.13. The normalized spacial score (nSPS) is 10.6. The fourth-order valence-electron chi connectivity index (χ4n) is 2.50. The number of aryl methyl sites for hydroxylation is 1. The molecule has 5 heteroatoms. The van der Waals surface area contributed by atoms with Gasteiger partial charge in [-0.2, -0.15) is 0 Å². The van der Waals surface area contributed by atoms with E-state index in [2.05, 4.69) is 10.3 Å². The first-order chi connectivity index (χ1) is 11.1. The number of aromatic nitrogens is 1. The summed E-state index contributed by atoms with van der Waals surface area (Å²) in [4.78, 5) is 4.43. The summed E-state index contributed by atoms with van der Waals surface area (Å²) in [7, 11) is 3.18. The van der Waals surface area contributed by atoms with Crippen LogP contribution in [0.3, 0.4) is 0 Å². The van der Waals surface area contributed by atoms with E-state index >= 15 is 0 Å². The number of nitrogens with one attached hydrogen (secondary N) is 1. The number of benzene rings is 2. The Hall–Kier alpha value is -2.82. The lowest BCUT2D eigenvalue weighted by Crippen LogP contribution is -1.97. The molecule has 1 heterocycles. The highest BCUT2D eigenvalue weighted by Crippen LogP contribution is 2.33. The van der Waals surface area contributed by atoms with E-state index in [4.69, 9.17) is 9.47 Å². The van der Waals surface area contributed by atoms with Gasteiger partial charge in [-0.25, -0.2) is 4.39 Å². The summed E-state index contributed by atoms with van der Waals surface area (Å²) in [6.07, 6.45) is 0. The third kappa shape index (κ3) is 3.04. The van der Waals surface area contributed by atoms with Gasteiger partial charge < -0.3 is 14.8 Å². The zero-order chi connectivity index (χ0) is 16.4. The van der Waals surface area contributed by atoms with Gasteiger partial charge in [-0.3, -0.25) is 4.98 Å². The van der Waals surface area contributed by atoms with Crippen LogP contribution in [0, 0.1) is 12.7 Å². The molecule has 0 aliphatic heterocycles. The lowest BCUT2D eigenvalue weighted by molar-refractivity contribution is 0.355. The molecule has 118 valence electrons. The summed E-state index contributed by atoms with van der Waals surface area (Å²) in [6.45, 7) is 1.91. The zero-order valence-corrected chi connectivity index (χ0v) is 13.2. The minimum absolute atomic E-state index is 0.293. The van der Waals surface area contributed by atoms with E-state index in [0.717, 1.165) is 28.0 Å². The number of methoxy groups -OCH3 is 2. The molecule has 1 N–H and O–H groups in total. The van der Waals surface area contributed by atoms with Gasteiger partial charge in [0.25, 0.3) is 0 Å². The van der Waals surface area contributed by atoms with E-state index in [9.17, 15) is 4.39 Å². The summed E-state index contributed by atoms with van der Waals surface area (Å²) < 4.78 is 24.1. The SMILES string of the molecule is COc1ccc(Nc2cc(C)nc3ccc(F)cc23)cc1OC. The maximum Gasteiger partial charge on any atom is 0.162 e. The average Bonchev–Trinajstić information content (AvgIpc) is 2.55. The number of nitrogens with zero attached hydrogens (tertiary/aromatic N) is 1. The van der Waals surface area contributed by atoms with Crippen molar-refractivity contribution in [1.82, 2.24) is 4.98 Å². The Morgan fingerprint density at radius 2 is 1.74 bits per heavy atom. The van der Waals surface area contributed by atoms with Crippen molar-refractivity contribution < 1.29 is 13.9 Å². The molecule has 0 saturated heterocycles. The summed E-state index contributed by atoms with van der Waals surface area (Å²) in [5, 5.41) is 4.03. The molecule has 23 heavy (non-hydrogen) atoms. The van der Waals surface area contributed by atoms with Crippen molar-refractivity contribution in [2.75, 3.05) is 19.5 Å². The number of hydrogen-bond donors (Lipinski definition) is 1. The summed E-state index contributed by atoms with van der Waals surface area (Å²) >= 11 is 0. The van der Waals surface area contributed by atoms with Crippen molar-refractivity contribution in [3.05, 3.63) is 54.0 Å². The van der Waals surface area contributed by atoms with Crippen LogP contribution in [0.25, 0.3) is 10.9 Å². The number of fused-ring (bicyclic) bond motifs is 1. The van der Waals surface area contributed by atoms with E-state index in [1.165, 1.54) is 12.1 Å². The molecule has 0 saturated carbocycles. The number of pyridine rings is 1. The zero-order valence-electron chi connectivity index (χ0n) is 13.2. The minimum Gasteiger partial charge on any atom is -0.493 e. The molecular formula is C18H17FN2O2. The second kappa shape index (κ2) is 6.12. The largest absolute Gasteiger partial charge is 0.493 e. The molecule has 3 aromatic rings. The molecule has 0 atom stereocenters. The van der Waals surface area contributed by atoms with Crippen LogP contribution in [0.1, 0.15) is 5.69 Å². The van der Waals surface area contributed by atoms with Crippen LogP contribution in [0.5, 0.6) is 11.5 Å². The first kappa shape index (κ1) is 15.1. The molecule has 0 fully saturated rings. The van der Waals surface area contributed by atoms with Crippen LogP contribution in [-0.2, 0) is 0 Å². The molecule has 0 aliphatic rings. The van der Waals surface area contributed by atoms with E-state index < -0.39 is 0 Å². The molecule has 4 nitrogen and oxygen atoms in total. The Labute approximate surface area is 133 Å². The molecule has 0 spiro atoms. The smallest absolute Gasteiger partial charge is 0.162 e. The molecule has 1 aromatic heterocycles. The fourth-order valence-corrected chi connectivity index (χ4v) is 2.50. The maximum atomic E-state index is 13.6. The van der Waals surface area contributed by atoms with Gasteiger partial charge in [-0.05, 0) is 43.3 Å². The number of hydrogen-bond acceptors (Lipinski definition) is 4. The Bertz CT molecular complexity index is 865. The predicted octanol–water partition coefficient (Wildman–Crippen LogP) is 4.44. The van der Waals surface area contributed by atoms with Crippen molar-refractivity contribution >= 4 is 22.3 Å². The third-order valence-electron chi connectivity index (χ3n) is 3.56. The van der Waals surface area contributed by atoms with Crippen LogP contribution >= 0.6 is 0 Å². The van der Waals surface area contributed by atoms with E-state index in [1.54, 1.807) is 20.3 Å². The molecule has 0 amide bonds. The first-order valence-corrected chi connectivity index (χ1v) is 7.16. The summed E-state index contributed by atoms with van der Waals surface area (Å²) in [5.41, 5.74) is 3.21. The molecule has 0 radical (unpaired) electrons. The number of ether oxygens (including phenoxy) is 2. The average molecular weight is 312 g/mol. The minimum atomic E-state index is -0.293. The van der Waals surface area contributed by atoms with Gasteiger partial charge in [-0.1, -0.05) is 0 Å². The van der Waals surface area contributed by atoms with Crippen LogP contribution in [-0.4, -0.2) is 19.2 Å². The van der Waals surface area contributed by atoms with Crippen LogP contribution < -0.4 is 14.8 Å². The quantitative estimate of drug-likeness (QED) is 0.773. The van der Waals surface area contributed by atoms with Crippen LogP contribution in [0.15, 0.2) is 42.5 Å². The van der Waals surface area contributed by atoms with Gasteiger partial charge >= 0.3 is 0 Å². The van der Waals surface area contributed by atoms with Crippen molar-refractivity contribution in [1.29, 1.82) is 0 Å². The van der Waals surface area contributed by atoms with Crippen molar-refractivity contribution in [3.8, 4) is 11.5 Å². The first-order valence-electron chi connectivity index (χ1n) is 7.16. The Kier molecular flexibility index (Phi) is 4.02. The number of rotatable bonds is 4. The van der Waals surface area contributed by atoms with Gasteiger partial charge in [-0.15, -0.1) is 0 Å². The lowest BCUT2D eigenvalue weighted by atomic mass is 10.1. The monoisotopic (exact) mass is 312 g/mol. The molecule has 0 unspecified atom stereocenters. The Morgan fingerprint density at radius 3 is 2.48 bits per heavy atom. The molecule has 2 aromatic carbocycles. The van der Waals surface area contributed by atoms with Gasteiger partial charge in [0.2, 0.25) is 0 Å². The van der Waals surface area contributed by atoms with Gasteiger partial charge in [0, 0.05) is 28.5 Å². The van der Waals surface area contributed by atoms with Crippen molar-refractivity contribution in [3.63, 3.8) is 0 Å². The Balaban J connectivity index is 2.06. The standard InChI is InChI=1S/C18H17FN2O2/c1-11-8-16(14-9-12(19)4-6-15(14)20-11)21-13-5-7-17(22-2)18(10-13)23-3/h4-10H,1-3H3,(H,20,21). The predicted molar refractivity (Wildman–Crippen MR) is 89.3 cm³/mol. The van der Waals surface area contributed by atoms with Crippen LogP contribution in [0.4, 0.5) is 15.8 Å². The number of halogens is 1. The van der Waals surface area contributed by atoms with Gasteiger partial charge in [0.15, 0.2) is 11.5 Å². The summed E-state index contributed by atoms with van der Waals surface area (Å²) in [6, 6.07) is 12.0. The van der Waals surface area contributed by atoms with Gasteiger partial charge in [0.05, 0.1) is 19.7 Å². The van der Waals surface area contributed by atoms with Crippen LogP contribution in [0.2, 0.25) is 0 Å². The maximum absolute atomic E-state index is 13.6. The summed E-state index contributed by atoms with van der Waals surface area (Å²) in [5.74, 6) is 0.983. The van der Waals surface area contributed by atoms with E-state index in [-0.39, 0.29) is 5.82 Å². The fraction of sp³-hybridized carbons (Fsp3) is 0.167. The highest BCUT2D eigenvalue weighted by atomic mass is 19.1. The Morgan fingerprint density at radius 1 is 0.957 bits per heavy atom. The molecule has 0 aliphatic carbocycles. The second-order valence-corrected chi connectivity index (χ2v) is 5.17. The highest BCUT2D eigenvalue weighted by Gasteiger charge is 2.08. The topological polar surface area (TPSA) is 43.4 Å². The molecular weight excluding hydrogens is 295 g/mol. The third-order valence-corrected chi connectivity index (χ3v) is 3.56. The number of anilines is 2. The van der Waals surface area contributed by atoms with Gasteiger partial charge in [0.1, 0.15) is 5.82 Å². The van der Waals surface area contributed by atoms with Crippen molar-refractivity contribution in [2.45, 2.75) is 6.92 Å². The molecule has 3 rings (SSSR count). The second-order valence-electron chi connectivity index (χ2n) is 5.17. The van der Waals surface area contributed by atoms with E-state index in [0.29, 0.717) is 11.5 Å². The molecule has 0 bridgehead atoms.